The lowest BCUT2D eigenvalue weighted by atomic mass is 10.1. The van der Waals surface area contributed by atoms with Gasteiger partial charge in [0.05, 0.1) is 6.04 Å². The number of benzene rings is 1. The Labute approximate surface area is 132 Å². The highest BCUT2D eigenvalue weighted by atomic mass is 35.5. The number of halogens is 1. The average Bonchev–Trinajstić information content (AvgIpc) is 2.93. The number of aliphatic hydroxyl groups is 1. The number of hydrogen-bond donors (Lipinski definition) is 2. The summed E-state index contributed by atoms with van der Waals surface area (Å²) in [5.41, 5.74) is 1.49. The predicted molar refractivity (Wildman–Crippen MR) is 85.6 cm³/mol. The molecule has 5 heteroatoms. The molecule has 108 valence electrons. The summed E-state index contributed by atoms with van der Waals surface area (Å²) >= 11 is 7.45. The van der Waals surface area contributed by atoms with E-state index in [9.17, 15) is 4.79 Å². The zero-order chi connectivity index (χ0) is 15.2. The van der Waals surface area contributed by atoms with Gasteiger partial charge in [-0.15, -0.1) is 11.3 Å². The average molecular weight is 320 g/mol. The van der Waals surface area contributed by atoms with E-state index in [4.69, 9.17) is 16.7 Å². The van der Waals surface area contributed by atoms with E-state index >= 15 is 0 Å². The fourth-order valence-electron chi connectivity index (χ4n) is 1.88. The molecule has 2 N–H and O–H groups in total. The van der Waals surface area contributed by atoms with Crippen LogP contribution in [-0.2, 0) is 0 Å². The van der Waals surface area contributed by atoms with Gasteiger partial charge in [0, 0.05) is 10.6 Å². The van der Waals surface area contributed by atoms with Crippen LogP contribution >= 0.6 is 22.9 Å². The molecule has 0 fully saturated rings. The normalized spacial score (nSPS) is 11.4. The summed E-state index contributed by atoms with van der Waals surface area (Å²) in [6.45, 7) is 1.65. The molecule has 1 aromatic carbocycles. The molecule has 2 aromatic rings. The van der Waals surface area contributed by atoms with Crippen molar-refractivity contribution in [2.75, 3.05) is 6.61 Å². The summed E-state index contributed by atoms with van der Waals surface area (Å²) in [7, 11) is 0. The number of hydrogen-bond acceptors (Lipinski definition) is 3. The van der Waals surface area contributed by atoms with Crippen molar-refractivity contribution in [3.8, 4) is 11.8 Å². The number of aliphatic hydroxyl groups excluding tert-OH is 1. The molecule has 0 saturated carbocycles. The van der Waals surface area contributed by atoms with Crippen molar-refractivity contribution in [2.24, 2.45) is 0 Å². The maximum atomic E-state index is 12.3. The maximum Gasteiger partial charge on any atom is 0.263 e. The first-order valence-corrected chi connectivity index (χ1v) is 7.61. The SMILES string of the molecule is CC(NC(=O)c1sccc1C#CCO)c1ccccc1Cl. The first-order chi connectivity index (χ1) is 10.1. The quantitative estimate of drug-likeness (QED) is 0.853. The van der Waals surface area contributed by atoms with E-state index < -0.39 is 0 Å². The second-order valence-electron chi connectivity index (χ2n) is 4.34. The highest BCUT2D eigenvalue weighted by Gasteiger charge is 2.16. The lowest BCUT2D eigenvalue weighted by Crippen LogP contribution is -2.26. The predicted octanol–water partition coefficient (Wildman–Crippen LogP) is 3.24. The Kier molecular flexibility index (Phi) is 5.40. The van der Waals surface area contributed by atoms with Crippen LogP contribution in [0.2, 0.25) is 5.02 Å². The van der Waals surface area contributed by atoms with Crippen LogP contribution in [0.4, 0.5) is 0 Å². The van der Waals surface area contributed by atoms with Crippen molar-refractivity contribution in [1.29, 1.82) is 0 Å². The molecule has 0 bridgehead atoms. The minimum Gasteiger partial charge on any atom is -0.384 e. The van der Waals surface area contributed by atoms with Gasteiger partial charge in [0.1, 0.15) is 11.5 Å². The number of thiophene rings is 1. The van der Waals surface area contributed by atoms with E-state index in [0.717, 1.165) is 5.56 Å². The van der Waals surface area contributed by atoms with Gasteiger partial charge in [0.15, 0.2) is 0 Å². The molecule has 1 aromatic heterocycles. The molecule has 1 unspecified atom stereocenters. The molecular formula is C16H14ClNO2S. The molecule has 0 aliphatic carbocycles. The summed E-state index contributed by atoms with van der Waals surface area (Å²) in [5, 5.41) is 14.1. The van der Waals surface area contributed by atoms with Gasteiger partial charge >= 0.3 is 0 Å². The Bertz CT molecular complexity index is 700. The lowest BCUT2D eigenvalue weighted by Gasteiger charge is -2.15. The van der Waals surface area contributed by atoms with Gasteiger partial charge in [0.2, 0.25) is 0 Å². The summed E-state index contributed by atoms with van der Waals surface area (Å²) in [6, 6.07) is 8.97. The monoisotopic (exact) mass is 319 g/mol. The Morgan fingerprint density at radius 3 is 2.90 bits per heavy atom. The minimum atomic E-state index is -0.229. The molecule has 1 heterocycles. The van der Waals surface area contributed by atoms with Crippen molar-refractivity contribution in [3.63, 3.8) is 0 Å². The van der Waals surface area contributed by atoms with Crippen LogP contribution in [0, 0.1) is 11.8 Å². The smallest absolute Gasteiger partial charge is 0.263 e. The highest BCUT2D eigenvalue weighted by molar-refractivity contribution is 7.12. The van der Waals surface area contributed by atoms with Crippen LogP contribution in [0.1, 0.15) is 33.8 Å². The zero-order valence-electron chi connectivity index (χ0n) is 11.4. The second kappa shape index (κ2) is 7.28. The first-order valence-electron chi connectivity index (χ1n) is 6.36. The third kappa shape index (κ3) is 3.85. The van der Waals surface area contributed by atoms with E-state index in [1.807, 2.05) is 25.1 Å². The van der Waals surface area contributed by atoms with Crippen molar-refractivity contribution in [2.45, 2.75) is 13.0 Å². The topological polar surface area (TPSA) is 49.3 Å². The molecule has 2 rings (SSSR count). The van der Waals surface area contributed by atoms with Crippen LogP contribution in [0.5, 0.6) is 0 Å². The fraction of sp³-hybridized carbons (Fsp3) is 0.188. The minimum absolute atomic E-state index is 0.195. The number of carbonyl (C=O) groups excluding carboxylic acids is 1. The van der Waals surface area contributed by atoms with E-state index in [-0.39, 0.29) is 18.6 Å². The van der Waals surface area contributed by atoms with E-state index in [0.29, 0.717) is 15.5 Å². The standard InChI is InChI=1S/C16H14ClNO2S/c1-11(13-6-2-3-7-14(13)17)18-16(20)15-12(5-4-9-19)8-10-21-15/h2-3,6-8,10-11,19H,9H2,1H3,(H,18,20). The summed E-state index contributed by atoms with van der Waals surface area (Å²) in [4.78, 5) is 12.8. The van der Waals surface area contributed by atoms with E-state index in [1.165, 1.54) is 11.3 Å². The van der Waals surface area contributed by atoms with Gasteiger partial charge in [-0.3, -0.25) is 4.79 Å². The van der Waals surface area contributed by atoms with Crippen LogP contribution < -0.4 is 5.32 Å². The van der Waals surface area contributed by atoms with Crippen molar-refractivity contribution in [1.82, 2.24) is 5.32 Å². The van der Waals surface area contributed by atoms with Crippen molar-refractivity contribution >= 4 is 28.8 Å². The van der Waals surface area contributed by atoms with Gasteiger partial charge in [-0.05, 0) is 30.0 Å². The van der Waals surface area contributed by atoms with Crippen LogP contribution in [0.3, 0.4) is 0 Å². The third-order valence-corrected chi connectivity index (χ3v) is 4.15. The summed E-state index contributed by atoms with van der Waals surface area (Å²) < 4.78 is 0. The van der Waals surface area contributed by atoms with Crippen molar-refractivity contribution in [3.05, 3.63) is 56.7 Å². The van der Waals surface area contributed by atoms with Crippen LogP contribution in [-0.4, -0.2) is 17.6 Å². The first kappa shape index (κ1) is 15.6. The molecule has 0 saturated heterocycles. The zero-order valence-corrected chi connectivity index (χ0v) is 13.0. The molecule has 1 atom stereocenters. The van der Waals surface area contributed by atoms with Gasteiger partial charge in [-0.25, -0.2) is 0 Å². The maximum absolute atomic E-state index is 12.3. The Hall–Kier alpha value is -1.80. The highest BCUT2D eigenvalue weighted by Crippen LogP contribution is 2.23. The molecule has 0 spiro atoms. The molecule has 1 amide bonds. The van der Waals surface area contributed by atoms with E-state index in [2.05, 4.69) is 17.2 Å². The van der Waals surface area contributed by atoms with Crippen LogP contribution in [0.25, 0.3) is 0 Å². The Balaban J connectivity index is 2.15. The molecule has 21 heavy (non-hydrogen) atoms. The number of carbonyl (C=O) groups is 1. The van der Waals surface area contributed by atoms with Gasteiger partial charge in [-0.2, -0.15) is 0 Å². The van der Waals surface area contributed by atoms with Gasteiger partial charge in [-0.1, -0.05) is 41.6 Å². The molecule has 0 aliphatic rings. The second-order valence-corrected chi connectivity index (χ2v) is 5.66. The molecule has 0 radical (unpaired) electrons. The molecule has 0 aliphatic heterocycles. The fourth-order valence-corrected chi connectivity index (χ4v) is 2.94. The van der Waals surface area contributed by atoms with Crippen molar-refractivity contribution < 1.29 is 9.90 Å². The molecular weight excluding hydrogens is 306 g/mol. The summed E-state index contributed by atoms with van der Waals surface area (Å²) in [5.74, 6) is 5.13. The Morgan fingerprint density at radius 1 is 1.43 bits per heavy atom. The van der Waals surface area contributed by atoms with Gasteiger partial charge < -0.3 is 10.4 Å². The van der Waals surface area contributed by atoms with Gasteiger partial charge in [0.25, 0.3) is 5.91 Å². The van der Waals surface area contributed by atoms with Crippen LogP contribution in [0.15, 0.2) is 35.7 Å². The number of nitrogens with one attached hydrogen (secondary N) is 1. The van der Waals surface area contributed by atoms with E-state index in [1.54, 1.807) is 17.5 Å². The summed E-state index contributed by atoms with van der Waals surface area (Å²) in [6.07, 6.45) is 0. The Morgan fingerprint density at radius 2 is 2.19 bits per heavy atom. The largest absolute Gasteiger partial charge is 0.384 e. The third-order valence-electron chi connectivity index (χ3n) is 2.89. The number of amides is 1. The molecule has 3 nitrogen and oxygen atoms in total. The number of rotatable bonds is 3. The lowest BCUT2D eigenvalue weighted by molar-refractivity contribution is 0.0944.